The lowest BCUT2D eigenvalue weighted by Crippen LogP contribution is -2.40. The first-order chi connectivity index (χ1) is 11.3. The monoisotopic (exact) mass is 383 g/mol. The summed E-state index contributed by atoms with van der Waals surface area (Å²) in [5, 5.41) is 0. The van der Waals surface area contributed by atoms with Crippen LogP contribution in [0, 0.1) is 20.8 Å². The van der Waals surface area contributed by atoms with E-state index in [1.165, 1.54) is 0 Å². The number of nitrogens with one attached hydrogen (secondary N) is 1. The highest BCUT2D eigenvalue weighted by atomic mass is 32.2. The van der Waals surface area contributed by atoms with E-state index in [0.717, 1.165) is 12.5 Å². The van der Waals surface area contributed by atoms with Crippen LogP contribution in [0.3, 0.4) is 0 Å². The van der Waals surface area contributed by atoms with Crippen molar-refractivity contribution in [2.45, 2.75) is 44.8 Å². The number of sulfonamides is 1. The molecule has 0 aromatic heterocycles. The number of carbonyl (C=O) groups is 2. The van der Waals surface area contributed by atoms with Crippen LogP contribution in [-0.4, -0.2) is 32.6 Å². The van der Waals surface area contributed by atoms with Gasteiger partial charge in [-0.1, -0.05) is 17.7 Å². The number of carbonyl (C=O) groups excluding carboxylic acids is 2. The molecule has 1 aromatic carbocycles. The Kier molecular flexibility index (Phi) is 6.19. The first-order valence-corrected chi connectivity index (χ1v) is 8.33. The second-order valence-electron chi connectivity index (χ2n) is 5.34. The first kappa shape index (κ1) is 20.9. The predicted molar refractivity (Wildman–Crippen MR) is 78.7 cm³/mol. The third-order valence-electron chi connectivity index (χ3n) is 2.99. The van der Waals surface area contributed by atoms with Crippen molar-refractivity contribution in [3.8, 4) is 0 Å². The molecule has 0 aliphatic rings. The largest absolute Gasteiger partial charge is 0.495 e. The van der Waals surface area contributed by atoms with Gasteiger partial charge in [-0.25, -0.2) is 27.8 Å². The van der Waals surface area contributed by atoms with Crippen LogP contribution in [0.2, 0.25) is 0 Å². The van der Waals surface area contributed by atoms with E-state index in [0.29, 0.717) is 11.1 Å². The molecule has 11 heteroatoms. The van der Waals surface area contributed by atoms with Gasteiger partial charge in [-0.15, -0.1) is 0 Å². The Balaban J connectivity index is 2.87. The fourth-order valence-electron chi connectivity index (χ4n) is 2.13. The molecule has 0 spiro atoms. The lowest BCUT2D eigenvalue weighted by molar-refractivity contribution is -0.286. The van der Waals surface area contributed by atoms with Crippen molar-refractivity contribution in [2.24, 2.45) is 0 Å². The minimum absolute atomic E-state index is 0.0648. The van der Waals surface area contributed by atoms with Crippen LogP contribution < -0.4 is 4.72 Å². The minimum Gasteiger partial charge on any atom is -0.246 e. The molecule has 1 N–H and O–H groups in total. The summed E-state index contributed by atoms with van der Waals surface area (Å²) in [4.78, 5) is 28.9. The fraction of sp³-hybridized carbons (Fsp3) is 0.429. The molecule has 1 aromatic rings. The molecule has 0 radical (unpaired) electrons. The molecule has 0 amide bonds. The van der Waals surface area contributed by atoms with Gasteiger partial charge in [-0.3, -0.25) is 0 Å². The van der Waals surface area contributed by atoms with E-state index >= 15 is 0 Å². The third kappa shape index (κ3) is 5.43. The van der Waals surface area contributed by atoms with Crippen molar-refractivity contribution in [2.75, 3.05) is 0 Å². The summed E-state index contributed by atoms with van der Waals surface area (Å²) < 4.78 is 62.6. The van der Waals surface area contributed by atoms with Gasteiger partial charge in [0, 0.05) is 0 Å². The van der Waals surface area contributed by atoms with Crippen LogP contribution in [0.15, 0.2) is 17.0 Å². The number of rotatable bonds is 4. The average molecular weight is 383 g/mol. The van der Waals surface area contributed by atoms with Crippen molar-refractivity contribution in [3.63, 3.8) is 0 Å². The Bertz CT molecular complexity index is 765. The number of benzene rings is 1. The SMILES string of the molecule is Cc1cc(C)c(S(=O)(=O)NC(C)C(=O)OOC(=O)C(F)(F)F)c(C)c1. The normalized spacial score (nSPS) is 13.2. The van der Waals surface area contributed by atoms with Gasteiger partial charge in [-0.05, 0) is 38.8 Å². The Morgan fingerprint density at radius 1 is 1.08 bits per heavy atom. The van der Waals surface area contributed by atoms with E-state index in [1.807, 2.05) is 4.72 Å². The van der Waals surface area contributed by atoms with Gasteiger partial charge in [0.25, 0.3) is 0 Å². The van der Waals surface area contributed by atoms with Crippen LogP contribution in [0.5, 0.6) is 0 Å². The minimum atomic E-state index is -5.35. The fourth-order valence-corrected chi connectivity index (χ4v) is 3.77. The molecule has 0 heterocycles. The van der Waals surface area contributed by atoms with Gasteiger partial charge in [0.2, 0.25) is 10.0 Å². The molecule has 0 saturated heterocycles. The third-order valence-corrected chi connectivity index (χ3v) is 4.84. The topological polar surface area (TPSA) is 98.8 Å². The highest BCUT2D eigenvalue weighted by Crippen LogP contribution is 2.22. The van der Waals surface area contributed by atoms with Crippen LogP contribution in [0.4, 0.5) is 13.2 Å². The summed E-state index contributed by atoms with van der Waals surface area (Å²) in [7, 11) is -4.16. The first-order valence-electron chi connectivity index (χ1n) is 6.85. The Labute approximate surface area is 142 Å². The molecule has 0 bridgehead atoms. The molecule has 140 valence electrons. The average Bonchev–Trinajstić information content (AvgIpc) is 2.40. The molecule has 0 aliphatic carbocycles. The molecule has 7 nitrogen and oxygen atoms in total. The number of aryl methyl sites for hydroxylation is 3. The van der Waals surface area contributed by atoms with Crippen LogP contribution in [0.25, 0.3) is 0 Å². The lowest BCUT2D eigenvalue weighted by atomic mass is 10.1. The van der Waals surface area contributed by atoms with Gasteiger partial charge >= 0.3 is 18.1 Å². The summed E-state index contributed by atoms with van der Waals surface area (Å²) in [6.45, 7) is 5.92. The lowest BCUT2D eigenvalue weighted by Gasteiger charge is -2.16. The van der Waals surface area contributed by atoms with E-state index in [2.05, 4.69) is 9.78 Å². The highest BCUT2D eigenvalue weighted by molar-refractivity contribution is 7.89. The van der Waals surface area contributed by atoms with E-state index < -0.39 is 34.2 Å². The Morgan fingerprint density at radius 3 is 2.00 bits per heavy atom. The van der Waals surface area contributed by atoms with Crippen LogP contribution in [-0.2, 0) is 29.4 Å². The zero-order chi connectivity index (χ0) is 19.6. The van der Waals surface area contributed by atoms with Gasteiger partial charge < -0.3 is 0 Å². The van der Waals surface area contributed by atoms with Crippen molar-refractivity contribution in [1.29, 1.82) is 0 Å². The zero-order valence-corrected chi connectivity index (χ0v) is 14.5. The van der Waals surface area contributed by atoms with Crippen molar-refractivity contribution < 1.29 is 41.0 Å². The van der Waals surface area contributed by atoms with E-state index in [-0.39, 0.29) is 4.90 Å². The highest BCUT2D eigenvalue weighted by Gasteiger charge is 2.43. The maximum absolute atomic E-state index is 12.4. The number of halogens is 3. The van der Waals surface area contributed by atoms with Gasteiger partial charge in [0.05, 0.1) is 4.90 Å². The maximum Gasteiger partial charge on any atom is 0.495 e. The van der Waals surface area contributed by atoms with Gasteiger partial charge in [-0.2, -0.15) is 17.9 Å². The quantitative estimate of drug-likeness (QED) is 0.629. The number of alkyl halides is 3. The second kappa shape index (κ2) is 7.40. The van der Waals surface area contributed by atoms with Crippen molar-refractivity contribution in [3.05, 3.63) is 28.8 Å². The molecule has 1 rings (SSSR count). The molecule has 0 fully saturated rings. The smallest absolute Gasteiger partial charge is 0.246 e. The molecule has 0 aliphatic heterocycles. The Hall–Kier alpha value is -2.14. The van der Waals surface area contributed by atoms with Crippen LogP contribution in [0.1, 0.15) is 23.6 Å². The zero-order valence-electron chi connectivity index (χ0n) is 13.7. The van der Waals surface area contributed by atoms with Crippen molar-refractivity contribution >= 4 is 22.0 Å². The summed E-state index contributed by atoms with van der Waals surface area (Å²) >= 11 is 0. The van der Waals surface area contributed by atoms with Gasteiger partial charge in [0.1, 0.15) is 6.04 Å². The number of hydrogen-bond donors (Lipinski definition) is 1. The summed E-state index contributed by atoms with van der Waals surface area (Å²) in [5.41, 5.74) is 1.68. The molecule has 1 atom stereocenters. The van der Waals surface area contributed by atoms with E-state index in [1.54, 1.807) is 32.9 Å². The maximum atomic E-state index is 12.4. The molecular formula is C14H16F3NO6S. The predicted octanol–water partition coefficient (Wildman–Crippen LogP) is 1.84. The summed E-state index contributed by atoms with van der Waals surface area (Å²) in [6.07, 6.45) is -5.35. The molecule has 0 saturated carbocycles. The summed E-state index contributed by atoms with van der Waals surface area (Å²) in [5.74, 6) is -4.25. The molecule has 1 unspecified atom stereocenters. The second-order valence-corrected chi connectivity index (χ2v) is 6.99. The molecular weight excluding hydrogens is 367 g/mol. The standard InChI is InChI=1S/C14H16F3NO6S/c1-7-5-8(2)11(9(3)6-7)25(21,22)18-10(4)12(19)23-24-13(20)14(15,16)17/h5-6,10,18H,1-4H3. The van der Waals surface area contributed by atoms with Gasteiger partial charge in [0.15, 0.2) is 0 Å². The van der Waals surface area contributed by atoms with E-state index in [4.69, 9.17) is 0 Å². The van der Waals surface area contributed by atoms with E-state index in [9.17, 15) is 31.2 Å². The molecule has 25 heavy (non-hydrogen) atoms. The summed E-state index contributed by atoms with van der Waals surface area (Å²) in [6, 6.07) is 1.65. The number of hydrogen-bond acceptors (Lipinski definition) is 6. The van der Waals surface area contributed by atoms with Crippen molar-refractivity contribution in [1.82, 2.24) is 4.72 Å². The van der Waals surface area contributed by atoms with Crippen LogP contribution >= 0.6 is 0 Å². The Morgan fingerprint density at radius 2 is 1.56 bits per heavy atom.